The molecule has 4 nitrogen and oxygen atoms in total. The number of aliphatic hydroxyl groups excluding tert-OH is 1. The van der Waals surface area contributed by atoms with Crippen LogP contribution in [0.3, 0.4) is 0 Å². The summed E-state index contributed by atoms with van der Waals surface area (Å²) < 4.78 is 2.03. The average Bonchev–Trinajstić information content (AvgIpc) is 2.74. The van der Waals surface area contributed by atoms with Gasteiger partial charge in [0.2, 0.25) is 0 Å². The van der Waals surface area contributed by atoms with Crippen molar-refractivity contribution in [3.8, 4) is 11.4 Å². The number of imidazole rings is 1. The number of hydrogen-bond donors (Lipinski definition) is 2. The summed E-state index contributed by atoms with van der Waals surface area (Å²) in [6.07, 6.45) is 4.10. The van der Waals surface area contributed by atoms with Crippen molar-refractivity contribution in [2.24, 2.45) is 0 Å². The molecule has 1 aromatic heterocycles. The lowest BCUT2D eigenvalue weighted by molar-refractivity contribution is 0.178. The highest BCUT2D eigenvalue weighted by molar-refractivity contribution is 5.61. The van der Waals surface area contributed by atoms with E-state index in [0.717, 1.165) is 23.6 Å². The van der Waals surface area contributed by atoms with Crippen LogP contribution in [-0.4, -0.2) is 20.8 Å². The summed E-state index contributed by atoms with van der Waals surface area (Å²) in [7, 11) is 0. The van der Waals surface area contributed by atoms with Crippen LogP contribution in [0.4, 0.5) is 5.69 Å². The van der Waals surface area contributed by atoms with Crippen LogP contribution in [0.2, 0.25) is 0 Å². The van der Waals surface area contributed by atoms with Crippen LogP contribution in [-0.2, 0) is 6.54 Å². The van der Waals surface area contributed by atoms with Gasteiger partial charge in [-0.1, -0.05) is 12.1 Å². The van der Waals surface area contributed by atoms with Gasteiger partial charge in [0.05, 0.1) is 6.10 Å². The highest BCUT2D eigenvalue weighted by Crippen LogP contribution is 2.20. The van der Waals surface area contributed by atoms with Gasteiger partial charge in [-0.15, -0.1) is 0 Å². The first-order chi connectivity index (χ1) is 8.16. The number of aliphatic hydroxyl groups is 1. The molecule has 0 aliphatic rings. The Kier molecular flexibility index (Phi) is 3.44. The largest absolute Gasteiger partial charge is 0.399 e. The maximum Gasteiger partial charge on any atom is 0.139 e. The fourth-order valence-corrected chi connectivity index (χ4v) is 1.75. The van der Waals surface area contributed by atoms with E-state index in [1.165, 1.54) is 0 Å². The Labute approximate surface area is 101 Å². The van der Waals surface area contributed by atoms with Gasteiger partial charge in [0.1, 0.15) is 5.82 Å². The molecule has 0 bridgehead atoms. The highest BCUT2D eigenvalue weighted by Gasteiger charge is 2.06. The van der Waals surface area contributed by atoms with Crippen molar-refractivity contribution >= 4 is 5.69 Å². The molecule has 2 rings (SSSR count). The van der Waals surface area contributed by atoms with Crippen LogP contribution >= 0.6 is 0 Å². The van der Waals surface area contributed by atoms with Gasteiger partial charge in [-0.05, 0) is 25.5 Å². The average molecular weight is 231 g/mol. The van der Waals surface area contributed by atoms with Gasteiger partial charge in [-0.2, -0.15) is 0 Å². The van der Waals surface area contributed by atoms with E-state index in [-0.39, 0.29) is 6.10 Å². The van der Waals surface area contributed by atoms with E-state index in [1.807, 2.05) is 35.0 Å². The summed E-state index contributed by atoms with van der Waals surface area (Å²) in [5.74, 6) is 0.887. The molecule has 4 heteroatoms. The van der Waals surface area contributed by atoms with Gasteiger partial charge in [-0.3, -0.25) is 0 Å². The van der Waals surface area contributed by atoms with E-state index >= 15 is 0 Å². The summed E-state index contributed by atoms with van der Waals surface area (Å²) in [4.78, 5) is 4.33. The van der Waals surface area contributed by atoms with Crippen LogP contribution < -0.4 is 5.73 Å². The lowest BCUT2D eigenvalue weighted by Gasteiger charge is -2.09. The van der Waals surface area contributed by atoms with Crippen LogP contribution in [0.5, 0.6) is 0 Å². The van der Waals surface area contributed by atoms with E-state index < -0.39 is 0 Å². The standard InChI is InChI=1S/C13H17N3O/c1-10(17)5-7-16-8-6-15-13(16)11-3-2-4-12(14)9-11/h2-4,6,8-10,17H,5,7,14H2,1H3. The number of nitrogens with zero attached hydrogens (tertiary/aromatic N) is 2. The number of rotatable bonds is 4. The van der Waals surface area contributed by atoms with E-state index in [4.69, 9.17) is 5.73 Å². The number of hydrogen-bond acceptors (Lipinski definition) is 3. The fourth-order valence-electron chi connectivity index (χ4n) is 1.75. The third-order valence-corrected chi connectivity index (χ3v) is 2.65. The Morgan fingerprint density at radius 3 is 3.00 bits per heavy atom. The maximum atomic E-state index is 9.30. The monoisotopic (exact) mass is 231 g/mol. The van der Waals surface area contributed by atoms with Gasteiger partial charge in [0.25, 0.3) is 0 Å². The van der Waals surface area contributed by atoms with Crippen molar-refractivity contribution in [3.05, 3.63) is 36.7 Å². The molecular formula is C13H17N3O. The molecule has 0 saturated carbocycles. The third-order valence-electron chi connectivity index (χ3n) is 2.65. The van der Waals surface area contributed by atoms with Gasteiger partial charge in [0.15, 0.2) is 0 Å². The quantitative estimate of drug-likeness (QED) is 0.790. The van der Waals surface area contributed by atoms with Gasteiger partial charge < -0.3 is 15.4 Å². The lowest BCUT2D eigenvalue weighted by atomic mass is 10.2. The van der Waals surface area contributed by atoms with Gasteiger partial charge >= 0.3 is 0 Å². The predicted molar refractivity (Wildman–Crippen MR) is 68.4 cm³/mol. The van der Waals surface area contributed by atoms with Gasteiger partial charge in [-0.25, -0.2) is 4.98 Å². The van der Waals surface area contributed by atoms with Crippen molar-refractivity contribution in [1.82, 2.24) is 9.55 Å². The molecule has 0 aliphatic heterocycles. The number of nitrogens with two attached hydrogens (primary N) is 1. The molecule has 1 unspecified atom stereocenters. The maximum absolute atomic E-state index is 9.30. The molecule has 3 N–H and O–H groups in total. The summed E-state index contributed by atoms with van der Waals surface area (Å²) in [6, 6.07) is 7.66. The minimum Gasteiger partial charge on any atom is -0.399 e. The zero-order valence-corrected chi connectivity index (χ0v) is 9.87. The van der Waals surface area contributed by atoms with E-state index in [1.54, 1.807) is 13.1 Å². The Bertz CT molecular complexity index is 491. The first-order valence-electron chi connectivity index (χ1n) is 5.72. The van der Waals surface area contributed by atoms with E-state index in [0.29, 0.717) is 6.42 Å². The van der Waals surface area contributed by atoms with E-state index in [9.17, 15) is 5.11 Å². The SMILES string of the molecule is CC(O)CCn1ccnc1-c1cccc(N)c1. The Morgan fingerprint density at radius 2 is 2.29 bits per heavy atom. The number of nitrogen functional groups attached to an aromatic ring is 1. The second-order valence-electron chi connectivity index (χ2n) is 4.21. The molecule has 0 radical (unpaired) electrons. The summed E-state index contributed by atoms with van der Waals surface area (Å²) in [5.41, 5.74) is 7.49. The minimum absolute atomic E-state index is 0.300. The minimum atomic E-state index is -0.300. The molecule has 17 heavy (non-hydrogen) atoms. The molecule has 0 amide bonds. The third kappa shape index (κ3) is 2.85. The molecule has 0 aliphatic carbocycles. The first-order valence-corrected chi connectivity index (χ1v) is 5.72. The second-order valence-corrected chi connectivity index (χ2v) is 4.21. The highest BCUT2D eigenvalue weighted by atomic mass is 16.3. The Balaban J connectivity index is 2.24. The van der Waals surface area contributed by atoms with Crippen LogP contribution in [0.25, 0.3) is 11.4 Å². The van der Waals surface area contributed by atoms with Crippen molar-refractivity contribution in [2.75, 3.05) is 5.73 Å². The summed E-state index contributed by atoms with van der Waals surface area (Å²) in [6.45, 7) is 2.54. The topological polar surface area (TPSA) is 64.1 Å². The normalized spacial score (nSPS) is 12.6. The van der Waals surface area contributed by atoms with Crippen molar-refractivity contribution in [3.63, 3.8) is 0 Å². The first kappa shape index (κ1) is 11.7. The van der Waals surface area contributed by atoms with Crippen LogP contribution in [0, 0.1) is 0 Å². The van der Waals surface area contributed by atoms with Crippen LogP contribution in [0.15, 0.2) is 36.7 Å². The molecule has 0 spiro atoms. The number of aryl methyl sites for hydroxylation is 1. The Hall–Kier alpha value is -1.81. The van der Waals surface area contributed by atoms with Gasteiger partial charge in [0, 0.05) is 30.2 Å². The zero-order valence-electron chi connectivity index (χ0n) is 9.87. The molecule has 1 aromatic carbocycles. The van der Waals surface area contributed by atoms with Crippen molar-refractivity contribution in [2.45, 2.75) is 26.0 Å². The second kappa shape index (κ2) is 5.01. The smallest absolute Gasteiger partial charge is 0.139 e. The number of benzene rings is 1. The number of anilines is 1. The zero-order chi connectivity index (χ0) is 12.3. The summed E-state index contributed by atoms with van der Waals surface area (Å²) in [5, 5.41) is 9.30. The molecule has 0 fully saturated rings. The van der Waals surface area contributed by atoms with E-state index in [2.05, 4.69) is 4.98 Å². The molecule has 1 heterocycles. The number of aromatic nitrogens is 2. The molecular weight excluding hydrogens is 214 g/mol. The van der Waals surface area contributed by atoms with Crippen molar-refractivity contribution in [1.29, 1.82) is 0 Å². The molecule has 90 valence electrons. The fraction of sp³-hybridized carbons (Fsp3) is 0.308. The Morgan fingerprint density at radius 1 is 1.47 bits per heavy atom. The summed E-state index contributed by atoms with van der Waals surface area (Å²) >= 11 is 0. The molecule has 2 aromatic rings. The lowest BCUT2D eigenvalue weighted by Crippen LogP contribution is -2.07. The molecule has 1 atom stereocenters. The van der Waals surface area contributed by atoms with Crippen molar-refractivity contribution < 1.29 is 5.11 Å². The predicted octanol–water partition coefficient (Wildman–Crippen LogP) is 1.90. The van der Waals surface area contributed by atoms with Crippen LogP contribution in [0.1, 0.15) is 13.3 Å². The molecule has 0 saturated heterocycles.